The third-order valence-corrected chi connectivity index (χ3v) is 13.0. The molecule has 2 aliphatic heterocycles. The zero-order valence-electron chi connectivity index (χ0n) is 32.6. The maximum absolute atomic E-state index is 15.5. The SMILES string of the molecule is O=C(O)c1cccc(N2C(=O)[C@H]3[C@H](CC=C4[C@H]3C[C@H]3C(=O)N(Nc5ncc(C(F)(F)F)cc5Cl)C(=O)[C@@]3(c3ccc(Cl)cc3)[C@H]4c3ccc(OCc4ccccc4)cc3O)C2=O)c1. The normalized spacial score (nSPS) is 24.1. The molecule has 63 heavy (non-hydrogen) atoms. The summed E-state index contributed by atoms with van der Waals surface area (Å²) in [6.07, 6.45) is -2.70. The van der Waals surface area contributed by atoms with Crippen LogP contribution in [-0.4, -0.2) is 49.8 Å². The number of halogens is 5. The number of carbonyl (C=O) groups excluding carboxylic acids is 4. The molecule has 3 heterocycles. The number of carbonyl (C=O) groups is 5. The summed E-state index contributed by atoms with van der Waals surface area (Å²) in [5.74, 6) is -10.1. The molecule has 0 unspecified atom stereocenters. The molecule has 1 aromatic heterocycles. The molecule has 12 nitrogen and oxygen atoms in total. The number of allylic oxidation sites excluding steroid dienone is 2. The second-order valence-electron chi connectivity index (χ2n) is 15.8. The lowest BCUT2D eigenvalue weighted by Gasteiger charge is -2.50. The van der Waals surface area contributed by atoms with E-state index >= 15 is 9.59 Å². The monoisotopic (exact) mass is 896 g/mol. The van der Waals surface area contributed by atoms with E-state index in [0.717, 1.165) is 10.5 Å². The predicted octanol–water partition coefficient (Wildman–Crippen LogP) is 8.58. The van der Waals surface area contributed by atoms with E-state index in [4.69, 9.17) is 27.9 Å². The van der Waals surface area contributed by atoms with E-state index in [0.29, 0.717) is 33.4 Å². The van der Waals surface area contributed by atoms with Gasteiger partial charge in [-0.3, -0.25) is 29.5 Å². The van der Waals surface area contributed by atoms with Crippen molar-refractivity contribution >= 4 is 64.3 Å². The second kappa shape index (κ2) is 15.6. The lowest BCUT2D eigenvalue weighted by atomic mass is 9.49. The molecule has 0 bridgehead atoms. The van der Waals surface area contributed by atoms with Gasteiger partial charge < -0.3 is 14.9 Å². The number of nitrogens with zero attached hydrogens (tertiary/aromatic N) is 3. The first-order valence-electron chi connectivity index (χ1n) is 19.6. The number of ether oxygens (including phenoxy) is 1. The zero-order chi connectivity index (χ0) is 44.5. The molecule has 1 saturated carbocycles. The summed E-state index contributed by atoms with van der Waals surface area (Å²) < 4.78 is 46.8. The fourth-order valence-corrected chi connectivity index (χ4v) is 10.1. The van der Waals surface area contributed by atoms with E-state index in [-0.39, 0.29) is 47.8 Å². The third kappa shape index (κ3) is 6.86. The first-order valence-corrected chi connectivity index (χ1v) is 20.4. The number of carboxylic acids is 1. The van der Waals surface area contributed by atoms with Crippen LogP contribution in [0.4, 0.5) is 24.7 Å². The van der Waals surface area contributed by atoms with Crippen LogP contribution in [0.5, 0.6) is 11.5 Å². The number of amides is 4. The van der Waals surface area contributed by atoms with Gasteiger partial charge in [0.2, 0.25) is 11.8 Å². The average Bonchev–Trinajstić information content (AvgIpc) is 3.64. The second-order valence-corrected chi connectivity index (χ2v) is 16.6. The van der Waals surface area contributed by atoms with Gasteiger partial charge in [-0.15, -0.1) is 0 Å². The number of phenolic OH excluding ortho intramolecular Hbond substituents is 1. The highest BCUT2D eigenvalue weighted by Gasteiger charge is 2.71. The van der Waals surface area contributed by atoms with Crippen molar-refractivity contribution in [3.63, 3.8) is 0 Å². The van der Waals surface area contributed by atoms with Gasteiger partial charge in [-0.05, 0) is 72.4 Å². The van der Waals surface area contributed by atoms with Gasteiger partial charge in [-0.1, -0.05) is 89.4 Å². The predicted molar refractivity (Wildman–Crippen MR) is 222 cm³/mol. The van der Waals surface area contributed by atoms with Gasteiger partial charge in [0.15, 0.2) is 5.82 Å². The number of benzene rings is 4. The molecule has 4 aliphatic rings. The van der Waals surface area contributed by atoms with Crippen molar-refractivity contribution in [2.75, 3.05) is 10.3 Å². The van der Waals surface area contributed by atoms with Crippen molar-refractivity contribution in [2.24, 2.45) is 23.7 Å². The van der Waals surface area contributed by atoms with Crippen LogP contribution < -0.4 is 15.1 Å². The molecule has 0 radical (unpaired) electrons. The average molecular weight is 898 g/mol. The summed E-state index contributed by atoms with van der Waals surface area (Å²) in [5.41, 5.74) is 1.21. The Hall–Kier alpha value is -6.71. The van der Waals surface area contributed by atoms with Gasteiger partial charge in [0, 0.05) is 28.8 Å². The lowest BCUT2D eigenvalue weighted by Crippen LogP contribution is -2.53. The molecule has 9 rings (SSSR count). The summed E-state index contributed by atoms with van der Waals surface area (Å²) in [4.78, 5) is 76.0. The Morgan fingerprint density at radius 2 is 1.63 bits per heavy atom. The highest BCUT2D eigenvalue weighted by Crippen LogP contribution is 2.65. The Kier molecular flexibility index (Phi) is 10.3. The van der Waals surface area contributed by atoms with E-state index in [1.54, 1.807) is 30.3 Å². The fraction of sp³-hybridized carbons (Fsp3) is 0.217. The van der Waals surface area contributed by atoms with Crippen LogP contribution in [0.1, 0.15) is 51.4 Å². The molecule has 4 aromatic carbocycles. The first kappa shape index (κ1) is 41.6. The van der Waals surface area contributed by atoms with Gasteiger partial charge in [-0.2, -0.15) is 18.2 Å². The van der Waals surface area contributed by atoms with Crippen LogP contribution in [0.15, 0.2) is 121 Å². The number of hydrogen-bond donors (Lipinski definition) is 3. The number of anilines is 2. The summed E-state index contributed by atoms with van der Waals surface area (Å²) in [6.45, 7) is 0.159. The molecule has 6 atom stereocenters. The van der Waals surface area contributed by atoms with Crippen molar-refractivity contribution in [3.8, 4) is 11.5 Å². The van der Waals surface area contributed by atoms with Crippen molar-refractivity contribution in [1.29, 1.82) is 0 Å². The Labute approximate surface area is 366 Å². The van der Waals surface area contributed by atoms with Crippen molar-refractivity contribution in [3.05, 3.63) is 159 Å². The fourth-order valence-electron chi connectivity index (χ4n) is 9.76. The molecule has 320 valence electrons. The van der Waals surface area contributed by atoms with Gasteiger partial charge in [-0.25, -0.2) is 9.78 Å². The van der Waals surface area contributed by atoms with E-state index in [2.05, 4.69) is 10.4 Å². The van der Waals surface area contributed by atoms with E-state index < -0.39 is 87.2 Å². The topological polar surface area (TPSA) is 166 Å². The number of carboxylic acid groups (broad SMARTS) is 1. The van der Waals surface area contributed by atoms with Crippen LogP contribution in [-0.2, 0) is 37.4 Å². The summed E-state index contributed by atoms with van der Waals surface area (Å²) >= 11 is 12.7. The molecule has 3 fully saturated rings. The van der Waals surface area contributed by atoms with E-state index in [9.17, 15) is 37.8 Å². The molecule has 17 heteroatoms. The molecule has 2 aliphatic carbocycles. The Bertz CT molecular complexity index is 2770. The summed E-state index contributed by atoms with van der Waals surface area (Å²) in [7, 11) is 0. The van der Waals surface area contributed by atoms with Crippen molar-refractivity contribution < 1.29 is 52.1 Å². The van der Waals surface area contributed by atoms with Gasteiger partial charge in [0.05, 0.1) is 45.0 Å². The number of aromatic carboxylic acids is 1. The number of phenols is 1. The van der Waals surface area contributed by atoms with Crippen LogP contribution in [0.25, 0.3) is 0 Å². The van der Waals surface area contributed by atoms with Crippen molar-refractivity contribution in [2.45, 2.75) is 37.0 Å². The maximum atomic E-state index is 15.5. The molecule has 2 saturated heterocycles. The number of aromatic nitrogens is 1. The van der Waals surface area contributed by atoms with E-state index in [1.807, 2.05) is 30.3 Å². The molecular weight excluding hydrogens is 864 g/mol. The first-order chi connectivity index (χ1) is 30.1. The number of nitrogens with one attached hydrogen (secondary N) is 1. The largest absolute Gasteiger partial charge is 0.508 e. The highest BCUT2D eigenvalue weighted by molar-refractivity contribution is 6.33. The number of pyridine rings is 1. The van der Waals surface area contributed by atoms with Crippen molar-refractivity contribution in [1.82, 2.24) is 9.99 Å². The number of aromatic hydroxyl groups is 1. The summed E-state index contributed by atoms with van der Waals surface area (Å²) in [5, 5.41) is 22.1. The Morgan fingerprint density at radius 3 is 2.32 bits per heavy atom. The minimum atomic E-state index is -4.80. The standard InChI is InChI=1S/C46H33Cl2F3N4O8/c47-27-11-9-25(10-12-27)45-34(41(58)55(44(45)62)53-39-35(48)18-26(21-52-39)46(49,50)51)20-33-30(38(45)31-14-13-29(19-36(31)56)63-22-23-5-2-1-3-6-23)15-16-32-37(33)42(59)54(40(32)57)28-8-4-7-24(17-28)43(60)61/h1-15,17-19,21,32-34,37-38,56H,16,20,22H2,(H,52,53)(H,60,61)/t32-,33+,34-,37-,38+,45+/m0/s1. The molecule has 3 N–H and O–H groups in total. The number of rotatable bonds is 9. The smallest absolute Gasteiger partial charge is 0.417 e. The van der Waals surface area contributed by atoms with E-state index in [1.165, 1.54) is 42.5 Å². The molecular formula is C46H33Cl2F3N4O8. The number of hydrogen-bond acceptors (Lipinski definition) is 9. The number of alkyl halides is 3. The quantitative estimate of drug-likeness (QED) is 0.0964. The molecule has 0 spiro atoms. The van der Waals surface area contributed by atoms with Crippen LogP contribution in [0.2, 0.25) is 10.0 Å². The van der Waals surface area contributed by atoms with Crippen LogP contribution >= 0.6 is 23.2 Å². The molecule has 4 amide bonds. The Morgan fingerprint density at radius 1 is 0.889 bits per heavy atom. The van der Waals surface area contributed by atoms with Gasteiger partial charge in [0.25, 0.3) is 11.8 Å². The minimum absolute atomic E-state index is 0.0161. The minimum Gasteiger partial charge on any atom is -0.508 e. The maximum Gasteiger partial charge on any atom is 0.417 e. The lowest BCUT2D eigenvalue weighted by molar-refractivity contribution is -0.139. The number of imide groups is 2. The summed E-state index contributed by atoms with van der Waals surface area (Å²) in [6, 6.07) is 26.1. The zero-order valence-corrected chi connectivity index (χ0v) is 34.1. The van der Waals surface area contributed by atoms with Crippen LogP contribution in [0, 0.1) is 23.7 Å². The number of hydrazine groups is 1. The number of fused-ring (bicyclic) bond motifs is 4. The highest BCUT2D eigenvalue weighted by atomic mass is 35.5. The molecule has 5 aromatic rings. The van der Waals surface area contributed by atoms with Crippen LogP contribution in [0.3, 0.4) is 0 Å². The Balaban J connectivity index is 1.20. The van der Waals surface area contributed by atoms with Gasteiger partial charge >= 0.3 is 12.1 Å². The van der Waals surface area contributed by atoms with Gasteiger partial charge in [0.1, 0.15) is 18.1 Å². The third-order valence-electron chi connectivity index (χ3n) is 12.5.